The van der Waals surface area contributed by atoms with Crippen molar-refractivity contribution in [1.29, 1.82) is 0 Å². The van der Waals surface area contributed by atoms with Crippen LogP contribution >= 0.6 is 0 Å². The third-order valence-electron chi connectivity index (χ3n) is 3.63. The van der Waals surface area contributed by atoms with Gasteiger partial charge < -0.3 is 4.74 Å². The first-order valence-electron chi connectivity index (χ1n) is 6.75. The third kappa shape index (κ3) is 3.92. The number of primary sulfonamides is 1. The fourth-order valence-corrected chi connectivity index (χ4v) is 3.28. The second kappa shape index (κ2) is 5.98. The monoisotopic (exact) mass is 314 g/mol. The van der Waals surface area contributed by atoms with Gasteiger partial charge in [-0.05, 0) is 31.2 Å². The van der Waals surface area contributed by atoms with Gasteiger partial charge in [-0.15, -0.1) is 0 Å². The summed E-state index contributed by atoms with van der Waals surface area (Å²) in [6.07, 6.45) is 3.73. The Morgan fingerprint density at radius 1 is 1.38 bits per heavy atom. The number of nitrogens with two attached hydrogens (primary N) is 1. The molecule has 2 rings (SSSR count). The van der Waals surface area contributed by atoms with Gasteiger partial charge >= 0.3 is 0 Å². The van der Waals surface area contributed by atoms with E-state index in [0.717, 1.165) is 31.7 Å². The van der Waals surface area contributed by atoms with E-state index in [2.05, 4.69) is 6.92 Å². The zero-order valence-electron chi connectivity index (χ0n) is 11.7. The predicted octanol–water partition coefficient (Wildman–Crippen LogP) is 2.20. The maximum Gasteiger partial charge on any atom is 0.271 e. The zero-order chi connectivity index (χ0) is 15.6. The summed E-state index contributed by atoms with van der Waals surface area (Å²) >= 11 is 0. The Morgan fingerprint density at radius 2 is 2.10 bits per heavy atom. The lowest BCUT2D eigenvalue weighted by Crippen LogP contribution is -2.25. The van der Waals surface area contributed by atoms with E-state index in [1.807, 2.05) is 0 Å². The molecule has 116 valence electrons. The van der Waals surface area contributed by atoms with Crippen molar-refractivity contribution >= 4 is 15.7 Å². The molecule has 1 saturated carbocycles. The molecule has 7 nitrogen and oxygen atoms in total. The molecule has 0 aliphatic heterocycles. The quantitative estimate of drug-likeness (QED) is 0.676. The highest BCUT2D eigenvalue weighted by Gasteiger charge is 2.25. The van der Waals surface area contributed by atoms with E-state index in [1.165, 1.54) is 12.1 Å². The summed E-state index contributed by atoms with van der Waals surface area (Å²) in [6, 6.07) is 3.46. The van der Waals surface area contributed by atoms with Gasteiger partial charge in [0, 0.05) is 12.1 Å². The number of hydrogen-bond acceptors (Lipinski definition) is 5. The Kier molecular flexibility index (Phi) is 4.48. The first kappa shape index (κ1) is 15.7. The molecule has 2 atom stereocenters. The molecule has 21 heavy (non-hydrogen) atoms. The number of nitro groups is 1. The molecule has 1 aliphatic carbocycles. The first-order chi connectivity index (χ1) is 9.77. The van der Waals surface area contributed by atoms with Crippen LogP contribution in [0, 0.1) is 16.0 Å². The van der Waals surface area contributed by atoms with E-state index in [9.17, 15) is 18.5 Å². The highest BCUT2D eigenvalue weighted by Crippen LogP contribution is 2.32. The van der Waals surface area contributed by atoms with Gasteiger partial charge in [0.25, 0.3) is 5.69 Å². The second-order valence-corrected chi connectivity index (χ2v) is 6.97. The number of non-ortho nitro benzene ring substituents is 1. The van der Waals surface area contributed by atoms with Crippen molar-refractivity contribution in [3.05, 3.63) is 28.3 Å². The molecule has 2 unspecified atom stereocenters. The van der Waals surface area contributed by atoms with E-state index in [0.29, 0.717) is 5.92 Å². The molecular weight excluding hydrogens is 296 g/mol. The van der Waals surface area contributed by atoms with E-state index in [1.54, 1.807) is 0 Å². The summed E-state index contributed by atoms with van der Waals surface area (Å²) in [5.74, 6) is 0.599. The summed E-state index contributed by atoms with van der Waals surface area (Å²) in [5, 5.41) is 15.9. The van der Waals surface area contributed by atoms with Crippen LogP contribution in [-0.4, -0.2) is 19.4 Å². The lowest BCUT2D eigenvalue weighted by Gasteiger charge is -2.27. The van der Waals surface area contributed by atoms with Gasteiger partial charge in [0.2, 0.25) is 10.0 Å². The minimum atomic E-state index is -4.08. The van der Waals surface area contributed by atoms with Crippen molar-refractivity contribution in [2.75, 3.05) is 0 Å². The number of benzene rings is 1. The summed E-state index contributed by atoms with van der Waals surface area (Å²) in [4.78, 5) is 9.75. The van der Waals surface area contributed by atoms with E-state index >= 15 is 0 Å². The van der Waals surface area contributed by atoms with Gasteiger partial charge in [-0.25, -0.2) is 13.6 Å². The number of ether oxygens (including phenoxy) is 1. The van der Waals surface area contributed by atoms with Crippen molar-refractivity contribution in [2.45, 2.75) is 43.6 Å². The summed E-state index contributed by atoms with van der Waals surface area (Å²) in [6.45, 7) is 2.12. The minimum absolute atomic E-state index is 0.0854. The van der Waals surface area contributed by atoms with Crippen LogP contribution in [0.4, 0.5) is 5.69 Å². The Balaban J connectivity index is 2.32. The van der Waals surface area contributed by atoms with E-state index in [-0.39, 0.29) is 22.4 Å². The Labute approximate surface area is 123 Å². The van der Waals surface area contributed by atoms with Crippen LogP contribution in [0.3, 0.4) is 0 Å². The number of sulfonamides is 1. The van der Waals surface area contributed by atoms with Crippen molar-refractivity contribution < 1.29 is 18.1 Å². The Morgan fingerprint density at radius 3 is 2.67 bits per heavy atom. The molecular formula is C13H18N2O5S. The van der Waals surface area contributed by atoms with Crippen molar-refractivity contribution in [3.8, 4) is 5.75 Å². The topological polar surface area (TPSA) is 113 Å². The Hall–Kier alpha value is -1.67. The highest BCUT2D eigenvalue weighted by molar-refractivity contribution is 7.89. The largest absolute Gasteiger partial charge is 0.489 e. The van der Waals surface area contributed by atoms with Crippen LogP contribution in [0.15, 0.2) is 23.1 Å². The van der Waals surface area contributed by atoms with Gasteiger partial charge in [-0.1, -0.05) is 13.3 Å². The summed E-state index contributed by atoms with van der Waals surface area (Å²) in [5.41, 5.74) is -0.330. The van der Waals surface area contributed by atoms with Gasteiger partial charge in [0.05, 0.1) is 11.0 Å². The van der Waals surface area contributed by atoms with Crippen molar-refractivity contribution in [3.63, 3.8) is 0 Å². The molecule has 2 N–H and O–H groups in total. The van der Waals surface area contributed by atoms with Crippen LogP contribution in [0.2, 0.25) is 0 Å². The SMILES string of the molecule is CC1CCCC(Oc2ccc([N+](=O)[O-])cc2S(N)(=O)=O)C1. The van der Waals surface area contributed by atoms with Crippen molar-refractivity contribution in [1.82, 2.24) is 0 Å². The maximum absolute atomic E-state index is 11.6. The van der Waals surface area contributed by atoms with E-state index < -0.39 is 14.9 Å². The maximum atomic E-state index is 11.6. The molecule has 1 aliphatic rings. The molecule has 0 radical (unpaired) electrons. The molecule has 8 heteroatoms. The minimum Gasteiger partial charge on any atom is -0.489 e. The van der Waals surface area contributed by atoms with Gasteiger partial charge in [-0.2, -0.15) is 0 Å². The molecule has 0 bridgehead atoms. The molecule has 0 amide bonds. The molecule has 0 spiro atoms. The Bertz CT molecular complexity index is 644. The lowest BCUT2D eigenvalue weighted by molar-refractivity contribution is -0.385. The number of rotatable bonds is 4. The fraction of sp³-hybridized carbons (Fsp3) is 0.538. The number of nitro benzene ring substituents is 1. The predicted molar refractivity (Wildman–Crippen MR) is 76.5 cm³/mol. The first-order valence-corrected chi connectivity index (χ1v) is 8.30. The van der Waals surface area contributed by atoms with Crippen LogP contribution < -0.4 is 9.88 Å². The van der Waals surface area contributed by atoms with Gasteiger partial charge in [-0.3, -0.25) is 10.1 Å². The highest BCUT2D eigenvalue weighted by atomic mass is 32.2. The molecule has 0 aromatic heterocycles. The molecule has 1 aromatic rings. The normalized spacial score (nSPS) is 22.8. The molecule has 0 saturated heterocycles. The van der Waals surface area contributed by atoms with Gasteiger partial charge in [0.15, 0.2) is 0 Å². The summed E-state index contributed by atoms with van der Waals surface area (Å²) < 4.78 is 29.0. The second-order valence-electron chi connectivity index (χ2n) is 5.44. The lowest BCUT2D eigenvalue weighted by atomic mass is 9.89. The summed E-state index contributed by atoms with van der Waals surface area (Å²) in [7, 11) is -4.08. The average Bonchev–Trinajstić information content (AvgIpc) is 2.37. The smallest absolute Gasteiger partial charge is 0.271 e. The zero-order valence-corrected chi connectivity index (χ0v) is 12.5. The van der Waals surface area contributed by atoms with E-state index in [4.69, 9.17) is 9.88 Å². The number of hydrogen-bond donors (Lipinski definition) is 1. The third-order valence-corrected chi connectivity index (χ3v) is 4.56. The average molecular weight is 314 g/mol. The molecule has 1 aromatic carbocycles. The fourth-order valence-electron chi connectivity index (χ4n) is 2.60. The standard InChI is InChI=1S/C13H18N2O5S/c1-9-3-2-4-11(7-9)20-12-6-5-10(15(16)17)8-13(12)21(14,18)19/h5-6,8-9,11H,2-4,7H2,1H3,(H2,14,18,19). The number of nitrogens with zero attached hydrogens (tertiary/aromatic N) is 1. The van der Waals surface area contributed by atoms with Crippen LogP contribution in [0.5, 0.6) is 5.75 Å². The van der Waals surface area contributed by atoms with Crippen LogP contribution in [0.25, 0.3) is 0 Å². The van der Waals surface area contributed by atoms with Crippen molar-refractivity contribution in [2.24, 2.45) is 11.1 Å². The molecule has 1 fully saturated rings. The van der Waals surface area contributed by atoms with Crippen LogP contribution in [0.1, 0.15) is 32.6 Å². The van der Waals surface area contributed by atoms with Crippen LogP contribution in [-0.2, 0) is 10.0 Å². The molecule has 0 heterocycles. The van der Waals surface area contributed by atoms with Gasteiger partial charge in [0.1, 0.15) is 10.6 Å².